The van der Waals surface area contributed by atoms with Crippen molar-refractivity contribution in [2.45, 2.75) is 26.0 Å². The predicted octanol–water partition coefficient (Wildman–Crippen LogP) is 3.84. The third kappa shape index (κ3) is 3.78. The largest absolute Gasteiger partial charge is 0.434 e. The first kappa shape index (κ1) is 14.5. The van der Waals surface area contributed by atoms with Crippen LogP contribution < -0.4 is 10.5 Å². The summed E-state index contributed by atoms with van der Waals surface area (Å²) in [6.07, 6.45) is 0.573. The van der Waals surface area contributed by atoms with Crippen molar-refractivity contribution in [1.82, 2.24) is 0 Å². The molecule has 0 saturated heterocycles. The number of ether oxygens (including phenoxy) is 1. The van der Waals surface area contributed by atoms with Crippen LogP contribution in [0.5, 0.6) is 5.75 Å². The van der Waals surface area contributed by atoms with Gasteiger partial charge in [-0.3, -0.25) is 0 Å². The smallest absolute Gasteiger partial charge is 0.387 e. The summed E-state index contributed by atoms with van der Waals surface area (Å²) in [5, 5.41) is 0. The zero-order valence-electron chi connectivity index (χ0n) is 11.2. The molecule has 0 saturated carbocycles. The van der Waals surface area contributed by atoms with Crippen molar-refractivity contribution in [1.29, 1.82) is 0 Å². The molecule has 1 atom stereocenters. The van der Waals surface area contributed by atoms with Crippen LogP contribution in [0.4, 0.5) is 8.78 Å². The maximum Gasteiger partial charge on any atom is 0.387 e. The van der Waals surface area contributed by atoms with E-state index in [9.17, 15) is 8.78 Å². The SMILES string of the molecule is Cc1ccc(CC(N)c2ccccc2OC(F)F)cc1. The van der Waals surface area contributed by atoms with Crippen LogP contribution in [0.25, 0.3) is 0 Å². The topological polar surface area (TPSA) is 35.2 Å². The van der Waals surface area contributed by atoms with Gasteiger partial charge >= 0.3 is 6.61 Å². The molecule has 0 aromatic heterocycles. The van der Waals surface area contributed by atoms with E-state index in [1.807, 2.05) is 31.2 Å². The number of hydrogen-bond acceptors (Lipinski definition) is 2. The minimum absolute atomic E-state index is 0.141. The van der Waals surface area contributed by atoms with E-state index in [0.717, 1.165) is 5.56 Å². The van der Waals surface area contributed by atoms with Crippen molar-refractivity contribution >= 4 is 0 Å². The number of benzene rings is 2. The summed E-state index contributed by atoms with van der Waals surface area (Å²) in [4.78, 5) is 0. The quantitative estimate of drug-likeness (QED) is 0.901. The van der Waals surface area contributed by atoms with Crippen LogP contribution in [0.2, 0.25) is 0 Å². The Labute approximate surface area is 117 Å². The molecule has 0 heterocycles. The summed E-state index contributed by atoms with van der Waals surface area (Å²) in [6, 6.07) is 14.3. The Morgan fingerprint density at radius 3 is 2.35 bits per heavy atom. The molecule has 0 amide bonds. The summed E-state index contributed by atoms with van der Waals surface area (Å²) < 4.78 is 29.3. The zero-order chi connectivity index (χ0) is 14.5. The number of nitrogens with two attached hydrogens (primary N) is 1. The summed E-state index contributed by atoms with van der Waals surface area (Å²) in [5.74, 6) is 0.141. The van der Waals surface area contributed by atoms with E-state index >= 15 is 0 Å². The first-order valence-corrected chi connectivity index (χ1v) is 6.41. The second kappa shape index (κ2) is 6.48. The normalized spacial score (nSPS) is 12.4. The number of rotatable bonds is 5. The lowest BCUT2D eigenvalue weighted by Crippen LogP contribution is -2.16. The van der Waals surface area contributed by atoms with Crippen LogP contribution >= 0.6 is 0 Å². The average Bonchev–Trinajstić information content (AvgIpc) is 2.41. The molecule has 0 radical (unpaired) electrons. The van der Waals surface area contributed by atoms with Crippen molar-refractivity contribution in [2.24, 2.45) is 5.73 Å². The first-order chi connectivity index (χ1) is 9.56. The Bertz CT molecular complexity index is 555. The molecule has 2 nitrogen and oxygen atoms in total. The monoisotopic (exact) mass is 277 g/mol. The number of halogens is 2. The Morgan fingerprint density at radius 1 is 1.05 bits per heavy atom. The summed E-state index contributed by atoms with van der Waals surface area (Å²) >= 11 is 0. The van der Waals surface area contributed by atoms with Crippen LogP contribution in [0.1, 0.15) is 22.7 Å². The van der Waals surface area contributed by atoms with E-state index in [2.05, 4.69) is 4.74 Å². The molecular weight excluding hydrogens is 260 g/mol. The third-order valence-electron chi connectivity index (χ3n) is 3.11. The molecule has 4 heteroatoms. The molecular formula is C16H17F2NO. The molecule has 2 aromatic rings. The van der Waals surface area contributed by atoms with Crippen LogP contribution in [-0.4, -0.2) is 6.61 Å². The van der Waals surface area contributed by atoms with Gasteiger partial charge in [0, 0.05) is 11.6 Å². The number of para-hydroxylation sites is 1. The molecule has 0 aliphatic carbocycles. The Morgan fingerprint density at radius 2 is 1.70 bits per heavy atom. The first-order valence-electron chi connectivity index (χ1n) is 6.41. The molecule has 0 bridgehead atoms. The second-order valence-electron chi connectivity index (χ2n) is 4.71. The van der Waals surface area contributed by atoms with Gasteiger partial charge in [-0.2, -0.15) is 8.78 Å². The minimum Gasteiger partial charge on any atom is -0.434 e. The van der Waals surface area contributed by atoms with E-state index in [-0.39, 0.29) is 11.8 Å². The van der Waals surface area contributed by atoms with E-state index < -0.39 is 6.61 Å². The maximum absolute atomic E-state index is 12.4. The minimum atomic E-state index is -2.84. The number of aryl methyl sites for hydroxylation is 1. The Hall–Kier alpha value is -1.94. The van der Waals surface area contributed by atoms with E-state index in [1.165, 1.54) is 11.6 Å². The van der Waals surface area contributed by atoms with Crippen molar-refractivity contribution < 1.29 is 13.5 Å². The van der Waals surface area contributed by atoms with E-state index in [1.54, 1.807) is 18.2 Å². The predicted molar refractivity (Wildman–Crippen MR) is 74.9 cm³/mol. The highest BCUT2D eigenvalue weighted by Gasteiger charge is 2.15. The fraction of sp³-hybridized carbons (Fsp3) is 0.250. The molecule has 106 valence electrons. The highest BCUT2D eigenvalue weighted by atomic mass is 19.3. The summed E-state index contributed by atoms with van der Waals surface area (Å²) in [5.41, 5.74) is 8.94. The van der Waals surface area contributed by atoms with Gasteiger partial charge in [0.1, 0.15) is 5.75 Å². The fourth-order valence-corrected chi connectivity index (χ4v) is 2.08. The van der Waals surface area contributed by atoms with Gasteiger partial charge in [0.25, 0.3) is 0 Å². The molecule has 2 N–H and O–H groups in total. The lowest BCUT2D eigenvalue weighted by molar-refractivity contribution is -0.0506. The van der Waals surface area contributed by atoms with Crippen LogP contribution in [-0.2, 0) is 6.42 Å². The van der Waals surface area contributed by atoms with Gasteiger partial charge in [0.05, 0.1) is 0 Å². The van der Waals surface area contributed by atoms with Gasteiger partial charge in [-0.1, -0.05) is 48.0 Å². The van der Waals surface area contributed by atoms with Gasteiger partial charge in [-0.15, -0.1) is 0 Å². The summed E-state index contributed by atoms with van der Waals surface area (Å²) in [7, 11) is 0. The van der Waals surface area contributed by atoms with Crippen LogP contribution in [0, 0.1) is 6.92 Å². The van der Waals surface area contributed by atoms with Crippen molar-refractivity contribution in [2.75, 3.05) is 0 Å². The van der Waals surface area contributed by atoms with Gasteiger partial charge in [0.2, 0.25) is 0 Å². The molecule has 2 rings (SSSR count). The second-order valence-corrected chi connectivity index (χ2v) is 4.71. The zero-order valence-corrected chi connectivity index (χ0v) is 11.2. The lowest BCUT2D eigenvalue weighted by Gasteiger charge is -2.16. The number of hydrogen-bond donors (Lipinski definition) is 1. The van der Waals surface area contributed by atoms with Gasteiger partial charge in [-0.25, -0.2) is 0 Å². The average molecular weight is 277 g/mol. The molecule has 0 fully saturated rings. The Balaban J connectivity index is 2.16. The fourth-order valence-electron chi connectivity index (χ4n) is 2.08. The molecule has 0 aliphatic rings. The molecule has 0 aliphatic heterocycles. The third-order valence-corrected chi connectivity index (χ3v) is 3.11. The van der Waals surface area contributed by atoms with Crippen molar-refractivity contribution in [3.8, 4) is 5.75 Å². The van der Waals surface area contributed by atoms with E-state index in [0.29, 0.717) is 12.0 Å². The van der Waals surface area contributed by atoms with Gasteiger partial charge < -0.3 is 10.5 Å². The lowest BCUT2D eigenvalue weighted by atomic mass is 9.98. The molecule has 20 heavy (non-hydrogen) atoms. The number of alkyl halides is 2. The van der Waals surface area contributed by atoms with Crippen LogP contribution in [0.3, 0.4) is 0 Å². The standard InChI is InChI=1S/C16H17F2NO/c1-11-6-8-12(9-7-11)10-14(19)13-4-2-3-5-15(13)20-16(17)18/h2-9,14,16H,10,19H2,1H3. The van der Waals surface area contributed by atoms with E-state index in [4.69, 9.17) is 5.73 Å². The van der Waals surface area contributed by atoms with Crippen molar-refractivity contribution in [3.05, 3.63) is 65.2 Å². The van der Waals surface area contributed by atoms with Gasteiger partial charge in [-0.05, 0) is 25.0 Å². The van der Waals surface area contributed by atoms with Gasteiger partial charge in [0.15, 0.2) is 0 Å². The highest BCUT2D eigenvalue weighted by Crippen LogP contribution is 2.27. The van der Waals surface area contributed by atoms with Crippen LogP contribution in [0.15, 0.2) is 48.5 Å². The maximum atomic E-state index is 12.4. The molecule has 0 spiro atoms. The summed E-state index contributed by atoms with van der Waals surface area (Å²) in [6.45, 7) is -0.835. The molecule has 2 aromatic carbocycles. The Kier molecular flexibility index (Phi) is 4.69. The highest BCUT2D eigenvalue weighted by molar-refractivity contribution is 5.37. The van der Waals surface area contributed by atoms with Crippen molar-refractivity contribution in [3.63, 3.8) is 0 Å². The molecule has 1 unspecified atom stereocenters.